The zero-order chi connectivity index (χ0) is 20.4. The number of benzene rings is 1. The minimum atomic E-state index is -0.268. The first kappa shape index (κ1) is 19.8. The fraction of sp³-hybridized carbons (Fsp3) is 0.545. The Morgan fingerprint density at radius 3 is 2.72 bits per heavy atom. The van der Waals surface area contributed by atoms with E-state index in [0.717, 1.165) is 56.8 Å². The summed E-state index contributed by atoms with van der Waals surface area (Å²) >= 11 is 0. The number of aromatic nitrogens is 2. The first-order valence-corrected chi connectivity index (χ1v) is 10.2. The number of rotatable bonds is 6. The molecule has 7 nitrogen and oxygen atoms in total. The van der Waals surface area contributed by atoms with Gasteiger partial charge in [-0.2, -0.15) is 0 Å². The highest BCUT2D eigenvalue weighted by atomic mass is 16.5. The molecule has 2 aromatic rings. The van der Waals surface area contributed by atoms with Gasteiger partial charge in [0.25, 0.3) is 0 Å². The van der Waals surface area contributed by atoms with Crippen molar-refractivity contribution in [1.29, 1.82) is 0 Å². The number of para-hydroxylation sites is 1. The highest BCUT2D eigenvalue weighted by Crippen LogP contribution is 2.41. The summed E-state index contributed by atoms with van der Waals surface area (Å²) in [6.45, 7) is 3.89. The van der Waals surface area contributed by atoms with Gasteiger partial charge in [0.1, 0.15) is 5.82 Å². The first-order valence-electron chi connectivity index (χ1n) is 10.2. The smallest absolute Gasteiger partial charge is 0.230 e. The van der Waals surface area contributed by atoms with Crippen molar-refractivity contribution in [1.82, 2.24) is 19.4 Å². The monoisotopic (exact) mass is 398 g/mol. The van der Waals surface area contributed by atoms with E-state index in [9.17, 15) is 4.79 Å². The number of carbonyl (C=O) groups is 1. The molecule has 2 fully saturated rings. The zero-order valence-electron chi connectivity index (χ0n) is 17.6. The molecule has 1 atom stereocenters. The lowest BCUT2D eigenvalue weighted by atomic mass is 9.78. The molecule has 3 heterocycles. The first-order chi connectivity index (χ1) is 14.1. The fourth-order valence-electron chi connectivity index (χ4n) is 4.81. The maximum Gasteiger partial charge on any atom is 0.230 e. The summed E-state index contributed by atoms with van der Waals surface area (Å²) in [6, 6.07) is 5.84. The van der Waals surface area contributed by atoms with Gasteiger partial charge in [-0.1, -0.05) is 12.1 Å². The number of likely N-dealkylation sites (tertiary alicyclic amines) is 2. The van der Waals surface area contributed by atoms with Crippen molar-refractivity contribution in [2.75, 3.05) is 33.9 Å². The van der Waals surface area contributed by atoms with Gasteiger partial charge >= 0.3 is 0 Å². The third-order valence-corrected chi connectivity index (χ3v) is 6.39. The molecule has 2 aliphatic rings. The highest BCUT2D eigenvalue weighted by Gasteiger charge is 2.48. The van der Waals surface area contributed by atoms with Crippen LogP contribution in [0.3, 0.4) is 0 Å². The van der Waals surface area contributed by atoms with Crippen molar-refractivity contribution in [3.8, 4) is 11.5 Å². The summed E-state index contributed by atoms with van der Waals surface area (Å²) in [5, 5.41) is 0. The van der Waals surface area contributed by atoms with Crippen molar-refractivity contribution in [2.45, 2.75) is 32.4 Å². The number of nitrogens with zero attached hydrogens (tertiary/aromatic N) is 4. The summed E-state index contributed by atoms with van der Waals surface area (Å²) in [5.74, 6) is 2.73. The van der Waals surface area contributed by atoms with Gasteiger partial charge in [0, 0.05) is 44.6 Å². The Labute approximate surface area is 172 Å². The maximum atomic E-state index is 13.5. The zero-order valence-corrected chi connectivity index (χ0v) is 17.6. The number of aryl methyl sites for hydroxylation is 1. The molecular weight excluding hydrogens is 368 g/mol. The minimum absolute atomic E-state index is 0.268. The molecule has 1 aromatic heterocycles. The quantitative estimate of drug-likeness (QED) is 0.748. The van der Waals surface area contributed by atoms with Crippen molar-refractivity contribution in [3.05, 3.63) is 42.0 Å². The van der Waals surface area contributed by atoms with Crippen LogP contribution in [-0.4, -0.2) is 59.1 Å². The van der Waals surface area contributed by atoms with Crippen LogP contribution in [0.15, 0.2) is 30.6 Å². The number of methoxy groups -OCH3 is 2. The second-order valence-electron chi connectivity index (χ2n) is 8.18. The fourth-order valence-corrected chi connectivity index (χ4v) is 4.81. The second kappa shape index (κ2) is 8.06. The largest absolute Gasteiger partial charge is 0.493 e. The standard InChI is InChI=1S/C22H30N4O3/c1-24-13-10-23-19(24)15-25-12-9-22(16-25)8-5-11-26(21(22)27)14-17-6-4-7-18(28-2)20(17)29-3/h4,6-7,10,13H,5,8-9,11-12,14-16H2,1-3H3. The molecular formula is C22H30N4O3. The summed E-state index contributed by atoms with van der Waals surface area (Å²) in [4.78, 5) is 22.3. The van der Waals surface area contributed by atoms with Crippen LogP contribution in [0.4, 0.5) is 0 Å². The third-order valence-electron chi connectivity index (χ3n) is 6.39. The highest BCUT2D eigenvalue weighted by molar-refractivity contribution is 5.84. The molecule has 1 aromatic carbocycles. The van der Waals surface area contributed by atoms with Crippen LogP contribution in [0.2, 0.25) is 0 Å². The molecule has 0 N–H and O–H groups in total. The minimum Gasteiger partial charge on any atom is -0.493 e. The summed E-state index contributed by atoms with van der Waals surface area (Å²) in [5.41, 5.74) is 0.718. The van der Waals surface area contributed by atoms with Gasteiger partial charge in [-0.15, -0.1) is 0 Å². The molecule has 0 radical (unpaired) electrons. The molecule has 4 rings (SSSR count). The van der Waals surface area contributed by atoms with Crippen LogP contribution in [0.25, 0.3) is 0 Å². The molecule has 2 saturated heterocycles. The van der Waals surface area contributed by atoms with Crippen molar-refractivity contribution >= 4 is 5.91 Å². The van der Waals surface area contributed by atoms with E-state index in [-0.39, 0.29) is 11.3 Å². The van der Waals surface area contributed by atoms with Crippen molar-refractivity contribution in [2.24, 2.45) is 12.5 Å². The van der Waals surface area contributed by atoms with Gasteiger partial charge in [0.15, 0.2) is 11.5 Å². The van der Waals surface area contributed by atoms with Crippen LogP contribution >= 0.6 is 0 Å². The number of amides is 1. The Morgan fingerprint density at radius 2 is 2.00 bits per heavy atom. The Hall–Kier alpha value is -2.54. The number of ether oxygens (including phenoxy) is 2. The summed E-state index contributed by atoms with van der Waals surface area (Å²) in [6.07, 6.45) is 6.72. The van der Waals surface area contributed by atoms with Gasteiger partial charge in [0.05, 0.1) is 26.2 Å². The van der Waals surface area contributed by atoms with Crippen LogP contribution in [0.1, 0.15) is 30.7 Å². The number of hydrogen-bond donors (Lipinski definition) is 0. The molecule has 29 heavy (non-hydrogen) atoms. The summed E-state index contributed by atoms with van der Waals surface area (Å²) < 4.78 is 13.0. The molecule has 156 valence electrons. The number of carbonyl (C=O) groups excluding carboxylic acids is 1. The van der Waals surface area contributed by atoms with Gasteiger partial charge in [-0.3, -0.25) is 9.69 Å². The molecule has 0 saturated carbocycles. The van der Waals surface area contributed by atoms with Gasteiger partial charge < -0.3 is 18.9 Å². The van der Waals surface area contributed by atoms with Crippen molar-refractivity contribution in [3.63, 3.8) is 0 Å². The van der Waals surface area contributed by atoms with Crippen LogP contribution in [0.5, 0.6) is 11.5 Å². The van der Waals surface area contributed by atoms with Crippen LogP contribution in [-0.2, 0) is 24.9 Å². The molecule has 1 amide bonds. The van der Waals surface area contributed by atoms with Gasteiger partial charge in [-0.25, -0.2) is 4.98 Å². The van der Waals surface area contributed by atoms with Gasteiger partial charge in [0.2, 0.25) is 5.91 Å². The predicted octanol–water partition coefficient (Wildman–Crippen LogP) is 2.45. The van der Waals surface area contributed by atoms with Crippen LogP contribution < -0.4 is 9.47 Å². The second-order valence-corrected chi connectivity index (χ2v) is 8.18. The SMILES string of the molecule is COc1cccc(CN2CCCC3(CCN(Cc4nccn4C)C3)C2=O)c1OC. The summed E-state index contributed by atoms with van der Waals surface area (Å²) in [7, 11) is 5.30. The van der Waals surface area contributed by atoms with Gasteiger partial charge in [-0.05, 0) is 31.9 Å². The predicted molar refractivity (Wildman–Crippen MR) is 110 cm³/mol. The van der Waals surface area contributed by atoms with E-state index in [1.807, 2.05) is 42.5 Å². The molecule has 0 aliphatic carbocycles. The molecule has 1 spiro atoms. The van der Waals surface area contributed by atoms with E-state index in [4.69, 9.17) is 9.47 Å². The Morgan fingerprint density at radius 1 is 1.14 bits per heavy atom. The lowest BCUT2D eigenvalue weighted by molar-refractivity contribution is -0.146. The molecule has 7 heteroatoms. The molecule has 1 unspecified atom stereocenters. The molecule has 0 bridgehead atoms. The Kier molecular flexibility index (Phi) is 5.50. The normalized spacial score (nSPS) is 22.4. The van der Waals surface area contributed by atoms with E-state index in [1.165, 1.54) is 0 Å². The van der Waals surface area contributed by atoms with E-state index in [0.29, 0.717) is 18.0 Å². The number of hydrogen-bond acceptors (Lipinski definition) is 5. The average molecular weight is 399 g/mol. The van der Waals surface area contributed by atoms with E-state index < -0.39 is 0 Å². The van der Waals surface area contributed by atoms with E-state index in [1.54, 1.807) is 14.2 Å². The van der Waals surface area contributed by atoms with Crippen molar-refractivity contribution < 1.29 is 14.3 Å². The van der Waals surface area contributed by atoms with E-state index >= 15 is 0 Å². The number of piperidine rings is 1. The lowest BCUT2D eigenvalue weighted by Gasteiger charge is -2.39. The number of imidazole rings is 1. The Bertz CT molecular complexity index is 881. The lowest BCUT2D eigenvalue weighted by Crippen LogP contribution is -2.49. The average Bonchev–Trinajstić information content (AvgIpc) is 3.32. The van der Waals surface area contributed by atoms with E-state index in [2.05, 4.69) is 14.5 Å². The third kappa shape index (κ3) is 3.71. The maximum absolute atomic E-state index is 13.5. The molecule has 2 aliphatic heterocycles. The topological polar surface area (TPSA) is 59.8 Å². The van der Waals surface area contributed by atoms with Crippen LogP contribution in [0, 0.1) is 5.41 Å². The Balaban J connectivity index is 1.48.